The molecule has 1 amide bonds. The minimum atomic E-state index is -3.63. The van der Waals surface area contributed by atoms with Gasteiger partial charge in [0.2, 0.25) is 10.0 Å². The Morgan fingerprint density at radius 3 is 2.59 bits per heavy atom. The Labute approximate surface area is 167 Å². The Balaban J connectivity index is 1.65. The highest BCUT2D eigenvalue weighted by Gasteiger charge is 2.20. The molecule has 144 valence electrons. The summed E-state index contributed by atoms with van der Waals surface area (Å²) in [7, 11) is -3.63. The van der Waals surface area contributed by atoms with Gasteiger partial charge in [-0.3, -0.25) is 4.79 Å². The van der Waals surface area contributed by atoms with Gasteiger partial charge in [-0.1, -0.05) is 15.9 Å². The van der Waals surface area contributed by atoms with Crippen molar-refractivity contribution in [3.05, 3.63) is 58.1 Å². The molecule has 2 N–H and O–H groups in total. The lowest BCUT2D eigenvalue weighted by molar-refractivity contribution is 0.102. The molecule has 2 aromatic carbocycles. The van der Waals surface area contributed by atoms with Crippen LogP contribution in [0.3, 0.4) is 0 Å². The van der Waals surface area contributed by atoms with Crippen LogP contribution in [0.1, 0.15) is 28.8 Å². The normalized spacial score (nSPS) is 17.0. The first-order chi connectivity index (χ1) is 12.8. The zero-order valence-corrected chi connectivity index (χ0v) is 17.3. The molecular formula is C19H21BrN2O4S. The third-order valence-electron chi connectivity index (χ3n) is 4.39. The van der Waals surface area contributed by atoms with E-state index in [1.807, 2.05) is 25.1 Å². The topological polar surface area (TPSA) is 84.5 Å². The van der Waals surface area contributed by atoms with Crippen LogP contribution in [0.5, 0.6) is 0 Å². The Morgan fingerprint density at radius 1 is 1.22 bits per heavy atom. The number of ether oxygens (including phenoxy) is 1. The maximum atomic E-state index is 12.4. The second-order valence-electron chi connectivity index (χ2n) is 6.42. The first-order valence-corrected chi connectivity index (χ1v) is 10.9. The summed E-state index contributed by atoms with van der Waals surface area (Å²) in [6, 6.07) is 11.4. The van der Waals surface area contributed by atoms with Crippen LogP contribution in [-0.2, 0) is 14.8 Å². The van der Waals surface area contributed by atoms with Crippen molar-refractivity contribution >= 4 is 37.5 Å². The Morgan fingerprint density at radius 2 is 1.96 bits per heavy atom. The number of carbonyl (C=O) groups is 1. The molecule has 8 heteroatoms. The van der Waals surface area contributed by atoms with E-state index in [1.54, 1.807) is 0 Å². The third kappa shape index (κ3) is 5.16. The Hall–Kier alpha value is -1.74. The van der Waals surface area contributed by atoms with Gasteiger partial charge in [0.15, 0.2) is 0 Å². The van der Waals surface area contributed by atoms with Crippen molar-refractivity contribution in [2.75, 3.05) is 18.5 Å². The largest absolute Gasteiger partial charge is 0.377 e. The summed E-state index contributed by atoms with van der Waals surface area (Å²) < 4.78 is 33.7. The fourth-order valence-corrected chi connectivity index (χ4v) is 4.38. The van der Waals surface area contributed by atoms with Gasteiger partial charge in [-0.15, -0.1) is 0 Å². The number of rotatable bonds is 6. The number of halogens is 1. The van der Waals surface area contributed by atoms with E-state index < -0.39 is 10.0 Å². The van der Waals surface area contributed by atoms with Gasteiger partial charge in [0, 0.05) is 28.9 Å². The van der Waals surface area contributed by atoms with E-state index in [0.717, 1.165) is 22.9 Å². The number of sulfonamides is 1. The first-order valence-electron chi connectivity index (χ1n) is 8.64. The van der Waals surface area contributed by atoms with Crippen LogP contribution >= 0.6 is 15.9 Å². The summed E-state index contributed by atoms with van der Waals surface area (Å²) in [5.74, 6) is -0.295. The van der Waals surface area contributed by atoms with Crippen LogP contribution in [0.2, 0.25) is 0 Å². The molecule has 0 aliphatic carbocycles. The molecule has 0 bridgehead atoms. The number of hydrogen-bond acceptors (Lipinski definition) is 4. The van der Waals surface area contributed by atoms with Gasteiger partial charge in [0.25, 0.3) is 5.91 Å². The van der Waals surface area contributed by atoms with E-state index in [2.05, 4.69) is 26.0 Å². The summed E-state index contributed by atoms with van der Waals surface area (Å²) in [6.45, 7) is 2.83. The zero-order chi connectivity index (χ0) is 19.4. The minimum absolute atomic E-state index is 0.0704. The number of benzene rings is 2. The smallest absolute Gasteiger partial charge is 0.255 e. The van der Waals surface area contributed by atoms with Gasteiger partial charge >= 0.3 is 0 Å². The molecule has 1 atom stereocenters. The van der Waals surface area contributed by atoms with Crippen LogP contribution in [-0.4, -0.2) is 33.6 Å². The fourth-order valence-electron chi connectivity index (χ4n) is 2.84. The summed E-state index contributed by atoms with van der Waals surface area (Å²) in [4.78, 5) is 12.5. The monoisotopic (exact) mass is 452 g/mol. The highest BCUT2D eigenvalue weighted by Crippen LogP contribution is 2.21. The van der Waals surface area contributed by atoms with Crippen molar-refractivity contribution in [2.45, 2.75) is 30.8 Å². The molecule has 0 radical (unpaired) electrons. The summed E-state index contributed by atoms with van der Waals surface area (Å²) in [5.41, 5.74) is 2.02. The van der Waals surface area contributed by atoms with Crippen LogP contribution < -0.4 is 10.0 Å². The lowest BCUT2D eigenvalue weighted by Crippen LogP contribution is -2.31. The quantitative estimate of drug-likeness (QED) is 0.702. The number of hydrogen-bond donors (Lipinski definition) is 2. The number of nitrogens with one attached hydrogen (secondary N) is 2. The van der Waals surface area contributed by atoms with Crippen molar-refractivity contribution in [3.63, 3.8) is 0 Å². The molecule has 2 aromatic rings. The van der Waals surface area contributed by atoms with E-state index in [1.165, 1.54) is 24.3 Å². The SMILES string of the molecule is Cc1cc(Br)ccc1NC(=O)c1ccc(S(=O)(=O)NC[C@@H]2CCCO2)cc1. The number of amides is 1. The molecule has 1 heterocycles. The van der Waals surface area contributed by atoms with Gasteiger partial charge in [-0.2, -0.15) is 0 Å². The van der Waals surface area contributed by atoms with E-state index in [0.29, 0.717) is 17.9 Å². The molecule has 1 saturated heterocycles. The van der Waals surface area contributed by atoms with Crippen molar-refractivity contribution in [1.82, 2.24) is 4.72 Å². The molecule has 1 aliphatic rings. The standard InChI is InChI=1S/C19H21BrN2O4S/c1-13-11-15(20)6-9-18(13)22-19(23)14-4-7-17(8-5-14)27(24,25)21-12-16-3-2-10-26-16/h4-9,11,16,21H,2-3,10,12H2,1H3,(H,22,23)/t16-/m0/s1. The maximum absolute atomic E-state index is 12.4. The van der Waals surface area contributed by atoms with Gasteiger partial charge in [0.05, 0.1) is 11.0 Å². The predicted molar refractivity (Wildman–Crippen MR) is 107 cm³/mol. The zero-order valence-electron chi connectivity index (χ0n) is 14.9. The van der Waals surface area contributed by atoms with Crippen molar-refractivity contribution in [1.29, 1.82) is 0 Å². The number of carbonyl (C=O) groups excluding carboxylic acids is 1. The number of aryl methyl sites for hydroxylation is 1. The molecule has 0 aromatic heterocycles. The van der Waals surface area contributed by atoms with Gasteiger partial charge in [0.1, 0.15) is 0 Å². The van der Waals surface area contributed by atoms with Crippen LogP contribution in [0.25, 0.3) is 0 Å². The Kier molecular flexibility index (Phi) is 6.31. The first kappa shape index (κ1) is 20.0. The highest BCUT2D eigenvalue weighted by atomic mass is 79.9. The molecule has 0 unspecified atom stereocenters. The minimum Gasteiger partial charge on any atom is -0.377 e. The predicted octanol–water partition coefficient (Wildman–Crippen LogP) is 3.47. The lowest BCUT2D eigenvalue weighted by Gasteiger charge is -2.12. The van der Waals surface area contributed by atoms with E-state index >= 15 is 0 Å². The average Bonchev–Trinajstić information content (AvgIpc) is 3.16. The van der Waals surface area contributed by atoms with E-state index in [-0.39, 0.29) is 23.5 Å². The second kappa shape index (κ2) is 8.52. The third-order valence-corrected chi connectivity index (χ3v) is 6.32. The van der Waals surface area contributed by atoms with E-state index in [9.17, 15) is 13.2 Å². The van der Waals surface area contributed by atoms with E-state index in [4.69, 9.17) is 4.74 Å². The average molecular weight is 453 g/mol. The second-order valence-corrected chi connectivity index (χ2v) is 9.11. The molecule has 1 fully saturated rings. The van der Waals surface area contributed by atoms with Crippen LogP contribution in [0, 0.1) is 6.92 Å². The number of anilines is 1. The van der Waals surface area contributed by atoms with Crippen LogP contribution in [0.15, 0.2) is 51.8 Å². The van der Waals surface area contributed by atoms with Crippen molar-refractivity contribution in [3.8, 4) is 0 Å². The fraction of sp³-hybridized carbons (Fsp3) is 0.316. The summed E-state index contributed by atoms with van der Waals surface area (Å²) >= 11 is 3.38. The van der Waals surface area contributed by atoms with Crippen molar-refractivity contribution in [2.24, 2.45) is 0 Å². The van der Waals surface area contributed by atoms with Gasteiger partial charge in [-0.25, -0.2) is 13.1 Å². The molecule has 6 nitrogen and oxygen atoms in total. The Bertz CT molecular complexity index is 923. The lowest BCUT2D eigenvalue weighted by atomic mass is 10.1. The molecule has 0 spiro atoms. The van der Waals surface area contributed by atoms with Gasteiger partial charge < -0.3 is 10.1 Å². The highest BCUT2D eigenvalue weighted by molar-refractivity contribution is 9.10. The molecule has 3 rings (SSSR count). The molecule has 0 saturated carbocycles. The summed E-state index contributed by atoms with van der Waals surface area (Å²) in [5, 5.41) is 2.83. The molecule has 27 heavy (non-hydrogen) atoms. The van der Waals surface area contributed by atoms with Gasteiger partial charge in [-0.05, 0) is 67.8 Å². The maximum Gasteiger partial charge on any atom is 0.255 e. The molecular weight excluding hydrogens is 432 g/mol. The van der Waals surface area contributed by atoms with Crippen molar-refractivity contribution < 1.29 is 17.9 Å². The molecule has 1 aliphatic heterocycles. The van der Waals surface area contributed by atoms with Crippen LogP contribution in [0.4, 0.5) is 5.69 Å². The summed E-state index contributed by atoms with van der Waals surface area (Å²) in [6.07, 6.45) is 1.74.